The molecule has 2 saturated heterocycles. The fourth-order valence-corrected chi connectivity index (χ4v) is 3.77. The van der Waals surface area contributed by atoms with Gasteiger partial charge in [-0.2, -0.15) is 0 Å². The summed E-state index contributed by atoms with van der Waals surface area (Å²) in [5.41, 5.74) is 1.02. The molecule has 0 radical (unpaired) electrons. The third-order valence-electron chi connectivity index (χ3n) is 3.71. The number of nitrogens with zero attached hydrogens (tertiary/aromatic N) is 2. The van der Waals surface area contributed by atoms with Gasteiger partial charge in [0.1, 0.15) is 4.32 Å². The fraction of sp³-hybridized carbons (Fsp3) is 0.375. The molecule has 0 bridgehead atoms. The Morgan fingerprint density at radius 1 is 1.18 bits per heavy atom. The predicted molar refractivity (Wildman–Crippen MR) is 93.6 cm³/mol. The number of carbonyl (C=O) groups excluding carboxylic acids is 1. The van der Waals surface area contributed by atoms with Crippen LogP contribution in [-0.4, -0.2) is 59.4 Å². The highest BCUT2D eigenvalue weighted by Crippen LogP contribution is 2.32. The van der Waals surface area contributed by atoms with E-state index in [1.54, 1.807) is 4.90 Å². The zero-order valence-electron chi connectivity index (χ0n) is 12.2. The standard InChI is InChI=1S/C16H18N2O2S2/c19-15-14(12-13-4-2-1-3-5-13)22-16(21)18(15)7-6-17-8-10-20-11-9-17/h1-5,12H,6-11H2. The largest absolute Gasteiger partial charge is 0.379 e. The maximum atomic E-state index is 12.5. The molecule has 0 unspecified atom stereocenters. The zero-order valence-corrected chi connectivity index (χ0v) is 13.9. The highest BCUT2D eigenvalue weighted by molar-refractivity contribution is 8.26. The summed E-state index contributed by atoms with van der Waals surface area (Å²) >= 11 is 6.75. The van der Waals surface area contributed by atoms with Gasteiger partial charge in [-0.15, -0.1) is 0 Å². The summed E-state index contributed by atoms with van der Waals surface area (Å²) in [4.78, 5) is 17.2. The smallest absolute Gasteiger partial charge is 0.266 e. The summed E-state index contributed by atoms with van der Waals surface area (Å²) in [6.45, 7) is 4.88. The molecule has 1 aromatic carbocycles. The first-order valence-corrected chi connectivity index (χ1v) is 8.57. The number of carbonyl (C=O) groups is 1. The van der Waals surface area contributed by atoms with Crippen LogP contribution in [-0.2, 0) is 9.53 Å². The van der Waals surface area contributed by atoms with Crippen LogP contribution < -0.4 is 0 Å². The van der Waals surface area contributed by atoms with Crippen LogP contribution in [0.1, 0.15) is 5.56 Å². The Morgan fingerprint density at radius 3 is 2.64 bits per heavy atom. The molecule has 1 amide bonds. The zero-order chi connectivity index (χ0) is 15.4. The van der Waals surface area contributed by atoms with E-state index in [-0.39, 0.29) is 5.91 Å². The van der Waals surface area contributed by atoms with Crippen LogP contribution in [0.3, 0.4) is 0 Å². The molecule has 4 nitrogen and oxygen atoms in total. The number of morpholine rings is 1. The molecular weight excluding hydrogens is 316 g/mol. The van der Waals surface area contributed by atoms with E-state index >= 15 is 0 Å². The van der Waals surface area contributed by atoms with Crippen LogP contribution in [0.25, 0.3) is 6.08 Å². The summed E-state index contributed by atoms with van der Waals surface area (Å²) < 4.78 is 5.99. The lowest BCUT2D eigenvalue weighted by molar-refractivity contribution is -0.122. The lowest BCUT2D eigenvalue weighted by Gasteiger charge is -2.28. The molecule has 1 aromatic rings. The molecule has 2 fully saturated rings. The molecule has 116 valence electrons. The number of rotatable bonds is 4. The Bertz CT molecular complexity index is 583. The van der Waals surface area contributed by atoms with Gasteiger partial charge in [-0.3, -0.25) is 14.6 Å². The second-order valence-corrected chi connectivity index (χ2v) is 6.87. The third kappa shape index (κ3) is 3.76. The van der Waals surface area contributed by atoms with Gasteiger partial charge in [-0.1, -0.05) is 54.3 Å². The second-order valence-electron chi connectivity index (χ2n) is 5.20. The maximum Gasteiger partial charge on any atom is 0.266 e. The molecule has 0 aliphatic carbocycles. The van der Waals surface area contributed by atoms with E-state index in [1.807, 2.05) is 36.4 Å². The molecule has 2 heterocycles. The van der Waals surface area contributed by atoms with Crippen LogP contribution in [0.2, 0.25) is 0 Å². The number of hydrogen-bond acceptors (Lipinski definition) is 5. The third-order valence-corrected chi connectivity index (χ3v) is 5.09. The van der Waals surface area contributed by atoms with Crippen molar-refractivity contribution in [3.05, 3.63) is 40.8 Å². The number of thiocarbonyl (C=S) groups is 1. The quantitative estimate of drug-likeness (QED) is 0.623. The monoisotopic (exact) mass is 334 g/mol. The highest BCUT2D eigenvalue weighted by Gasteiger charge is 2.32. The molecule has 0 spiro atoms. The van der Waals surface area contributed by atoms with Crippen molar-refractivity contribution in [2.75, 3.05) is 39.4 Å². The summed E-state index contributed by atoms with van der Waals surface area (Å²) in [6.07, 6.45) is 1.91. The van der Waals surface area contributed by atoms with Crippen molar-refractivity contribution in [3.63, 3.8) is 0 Å². The molecular formula is C16H18N2O2S2. The topological polar surface area (TPSA) is 32.8 Å². The lowest BCUT2D eigenvalue weighted by atomic mass is 10.2. The van der Waals surface area contributed by atoms with Crippen LogP contribution in [0.4, 0.5) is 0 Å². The number of hydrogen-bond donors (Lipinski definition) is 0. The SMILES string of the molecule is O=C1C(=Cc2ccccc2)SC(=S)N1CCN1CCOCC1. The van der Waals surface area contributed by atoms with Crippen molar-refractivity contribution >= 4 is 40.3 Å². The number of thioether (sulfide) groups is 1. The first kappa shape index (κ1) is 15.7. The minimum atomic E-state index is 0.0205. The molecule has 3 rings (SSSR count). The molecule has 2 aliphatic rings. The highest BCUT2D eigenvalue weighted by atomic mass is 32.2. The first-order chi connectivity index (χ1) is 10.7. The molecule has 2 aliphatic heterocycles. The van der Waals surface area contributed by atoms with Gasteiger partial charge in [-0.05, 0) is 11.6 Å². The van der Waals surface area contributed by atoms with Gasteiger partial charge in [0.25, 0.3) is 5.91 Å². The lowest BCUT2D eigenvalue weighted by Crippen LogP contribution is -2.42. The maximum absolute atomic E-state index is 12.5. The van der Waals surface area contributed by atoms with Crippen LogP contribution in [0.5, 0.6) is 0 Å². The van der Waals surface area contributed by atoms with E-state index in [4.69, 9.17) is 17.0 Å². The van der Waals surface area contributed by atoms with Crippen molar-refractivity contribution in [1.29, 1.82) is 0 Å². The van der Waals surface area contributed by atoms with Gasteiger partial charge in [0.05, 0.1) is 18.1 Å². The fourth-order valence-electron chi connectivity index (χ4n) is 2.46. The average Bonchev–Trinajstić information content (AvgIpc) is 2.81. The van der Waals surface area contributed by atoms with Gasteiger partial charge in [0, 0.05) is 26.2 Å². The number of ether oxygens (including phenoxy) is 1. The second kappa shape index (κ2) is 7.37. The Hall–Kier alpha value is -1.21. The minimum Gasteiger partial charge on any atom is -0.379 e. The van der Waals surface area contributed by atoms with Gasteiger partial charge in [0.2, 0.25) is 0 Å². The van der Waals surface area contributed by atoms with E-state index in [9.17, 15) is 4.79 Å². The molecule has 0 aromatic heterocycles. The van der Waals surface area contributed by atoms with Crippen molar-refractivity contribution < 1.29 is 9.53 Å². The minimum absolute atomic E-state index is 0.0205. The van der Waals surface area contributed by atoms with Crippen LogP contribution >= 0.6 is 24.0 Å². The van der Waals surface area contributed by atoms with Gasteiger partial charge in [-0.25, -0.2) is 0 Å². The van der Waals surface area contributed by atoms with Crippen molar-refractivity contribution in [1.82, 2.24) is 9.80 Å². The molecule has 0 saturated carbocycles. The summed E-state index contributed by atoms with van der Waals surface area (Å²) in [5, 5.41) is 0. The summed E-state index contributed by atoms with van der Waals surface area (Å²) in [6, 6.07) is 9.86. The number of amides is 1. The normalized spacial score (nSPS) is 21.8. The first-order valence-electron chi connectivity index (χ1n) is 7.34. The van der Waals surface area contributed by atoms with Gasteiger partial charge in [0.15, 0.2) is 0 Å². The molecule has 0 atom stereocenters. The van der Waals surface area contributed by atoms with Crippen molar-refractivity contribution in [2.45, 2.75) is 0 Å². The Labute approximate surface area is 140 Å². The van der Waals surface area contributed by atoms with Gasteiger partial charge >= 0.3 is 0 Å². The van der Waals surface area contributed by atoms with Gasteiger partial charge < -0.3 is 4.74 Å². The van der Waals surface area contributed by atoms with Crippen molar-refractivity contribution in [2.24, 2.45) is 0 Å². The number of benzene rings is 1. The summed E-state index contributed by atoms with van der Waals surface area (Å²) in [7, 11) is 0. The predicted octanol–water partition coefficient (Wildman–Crippen LogP) is 2.22. The van der Waals surface area contributed by atoms with E-state index < -0.39 is 0 Å². The molecule has 6 heteroatoms. The van der Waals surface area contributed by atoms with E-state index in [0.29, 0.717) is 15.8 Å². The Morgan fingerprint density at radius 2 is 1.91 bits per heavy atom. The van der Waals surface area contributed by atoms with Crippen LogP contribution in [0, 0.1) is 0 Å². The van der Waals surface area contributed by atoms with Crippen molar-refractivity contribution in [3.8, 4) is 0 Å². The average molecular weight is 334 g/mol. The summed E-state index contributed by atoms with van der Waals surface area (Å²) in [5.74, 6) is 0.0205. The molecule has 0 N–H and O–H groups in total. The van der Waals surface area contributed by atoms with E-state index in [2.05, 4.69) is 4.90 Å². The Balaban J connectivity index is 1.62. The van der Waals surface area contributed by atoms with Crippen LogP contribution in [0.15, 0.2) is 35.2 Å². The molecule has 22 heavy (non-hydrogen) atoms. The Kier molecular flexibility index (Phi) is 5.25. The van der Waals surface area contributed by atoms with E-state index in [0.717, 1.165) is 38.4 Å². The van der Waals surface area contributed by atoms with E-state index in [1.165, 1.54) is 11.8 Å².